The predicted molar refractivity (Wildman–Crippen MR) is 67.1 cm³/mol. The molecule has 2 aromatic rings. The molecule has 2 rings (SSSR count). The second kappa shape index (κ2) is 4.77. The molecule has 0 spiro atoms. The Morgan fingerprint density at radius 2 is 2.00 bits per heavy atom. The highest BCUT2D eigenvalue weighted by atomic mass is 35.5. The van der Waals surface area contributed by atoms with Crippen LogP contribution in [0.25, 0.3) is 0 Å². The second-order valence-corrected chi connectivity index (χ2v) is 3.84. The van der Waals surface area contributed by atoms with Crippen molar-refractivity contribution >= 4 is 17.3 Å². The summed E-state index contributed by atoms with van der Waals surface area (Å²) in [4.78, 5) is 0. The predicted octanol–water partition coefficient (Wildman–Crippen LogP) is 3.59. The Bertz CT molecular complexity index is 590. The van der Waals surface area contributed by atoms with Crippen molar-refractivity contribution < 1.29 is 4.74 Å². The molecule has 2 N–H and O–H groups in total. The van der Waals surface area contributed by atoms with Gasteiger partial charge >= 0.3 is 0 Å². The first kappa shape index (κ1) is 11.3. The second-order valence-electron chi connectivity index (χ2n) is 3.43. The summed E-state index contributed by atoms with van der Waals surface area (Å²) in [6.07, 6.45) is 0. The zero-order chi connectivity index (χ0) is 12.3. The third-order valence-corrected chi connectivity index (χ3v) is 2.44. The van der Waals surface area contributed by atoms with Gasteiger partial charge in [-0.05, 0) is 36.4 Å². The van der Waals surface area contributed by atoms with Crippen LogP contribution in [0.3, 0.4) is 0 Å². The van der Waals surface area contributed by atoms with E-state index in [1.54, 1.807) is 42.5 Å². The molecule has 0 aromatic heterocycles. The van der Waals surface area contributed by atoms with Gasteiger partial charge in [0.15, 0.2) is 0 Å². The fraction of sp³-hybridized carbons (Fsp3) is 0. The largest absolute Gasteiger partial charge is 0.456 e. The zero-order valence-electron chi connectivity index (χ0n) is 8.85. The standard InChI is InChI=1S/C13H9ClN2O/c14-12-7-10(16)4-5-13(12)17-11-3-1-2-9(6-11)8-15/h1-7H,16H2. The molecule has 0 saturated heterocycles. The maximum absolute atomic E-state index is 8.77. The van der Waals surface area contributed by atoms with Crippen LogP contribution < -0.4 is 10.5 Å². The summed E-state index contributed by atoms with van der Waals surface area (Å²) in [5, 5.41) is 9.21. The molecule has 0 aliphatic heterocycles. The van der Waals surface area contributed by atoms with E-state index in [1.165, 1.54) is 0 Å². The number of halogens is 1. The third-order valence-electron chi connectivity index (χ3n) is 2.15. The van der Waals surface area contributed by atoms with Crippen molar-refractivity contribution in [1.29, 1.82) is 5.26 Å². The zero-order valence-corrected chi connectivity index (χ0v) is 9.61. The molecule has 0 atom stereocenters. The van der Waals surface area contributed by atoms with E-state index in [1.807, 2.05) is 6.07 Å². The quantitative estimate of drug-likeness (QED) is 0.822. The molecule has 0 unspecified atom stereocenters. The van der Waals surface area contributed by atoms with Crippen LogP contribution in [0.2, 0.25) is 5.02 Å². The topological polar surface area (TPSA) is 59.0 Å². The Hall–Kier alpha value is -2.18. The van der Waals surface area contributed by atoms with Crippen molar-refractivity contribution in [3.63, 3.8) is 0 Å². The van der Waals surface area contributed by atoms with E-state index in [2.05, 4.69) is 0 Å². The minimum absolute atomic E-state index is 0.437. The molecule has 0 amide bonds. The number of ether oxygens (including phenoxy) is 1. The molecule has 0 fully saturated rings. The van der Waals surface area contributed by atoms with Crippen LogP contribution >= 0.6 is 11.6 Å². The molecule has 0 aliphatic rings. The highest BCUT2D eigenvalue weighted by Crippen LogP contribution is 2.30. The Labute approximate surface area is 104 Å². The van der Waals surface area contributed by atoms with E-state index < -0.39 is 0 Å². The van der Waals surface area contributed by atoms with E-state index in [-0.39, 0.29) is 0 Å². The van der Waals surface area contributed by atoms with Crippen molar-refractivity contribution in [2.75, 3.05) is 5.73 Å². The van der Waals surface area contributed by atoms with E-state index in [9.17, 15) is 0 Å². The van der Waals surface area contributed by atoms with Crippen molar-refractivity contribution in [3.05, 3.63) is 53.1 Å². The van der Waals surface area contributed by atoms with Gasteiger partial charge in [0.05, 0.1) is 16.7 Å². The Balaban J connectivity index is 2.28. The molecule has 0 saturated carbocycles. The number of anilines is 1. The van der Waals surface area contributed by atoms with Gasteiger partial charge in [-0.15, -0.1) is 0 Å². The lowest BCUT2D eigenvalue weighted by molar-refractivity contribution is 0.483. The highest BCUT2D eigenvalue weighted by Gasteiger charge is 2.04. The van der Waals surface area contributed by atoms with Crippen molar-refractivity contribution in [3.8, 4) is 17.6 Å². The van der Waals surface area contributed by atoms with E-state index in [0.717, 1.165) is 0 Å². The molecular weight excluding hydrogens is 236 g/mol. The third kappa shape index (κ3) is 2.68. The normalized spacial score (nSPS) is 9.65. The first-order valence-electron chi connectivity index (χ1n) is 4.92. The summed E-state index contributed by atoms with van der Waals surface area (Å²) < 4.78 is 5.57. The van der Waals surface area contributed by atoms with E-state index >= 15 is 0 Å². The maximum Gasteiger partial charge on any atom is 0.146 e. The molecule has 84 valence electrons. The Morgan fingerprint density at radius 3 is 2.71 bits per heavy atom. The number of nitriles is 1. The molecule has 0 aliphatic carbocycles. The summed E-state index contributed by atoms with van der Waals surface area (Å²) >= 11 is 5.98. The fourth-order valence-electron chi connectivity index (χ4n) is 1.36. The van der Waals surface area contributed by atoms with Crippen LogP contribution in [0.1, 0.15) is 5.56 Å². The maximum atomic E-state index is 8.77. The van der Waals surface area contributed by atoms with Gasteiger partial charge in [-0.1, -0.05) is 17.7 Å². The van der Waals surface area contributed by atoms with Gasteiger partial charge in [0.1, 0.15) is 11.5 Å². The number of benzene rings is 2. The molecule has 3 nitrogen and oxygen atoms in total. The Morgan fingerprint density at radius 1 is 1.18 bits per heavy atom. The molecule has 2 aromatic carbocycles. The average Bonchev–Trinajstić information content (AvgIpc) is 2.33. The molecule has 0 bridgehead atoms. The molecule has 0 heterocycles. The molecule has 17 heavy (non-hydrogen) atoms. The summed E-state index contributed by atoms with van der Waals surface area (Å²) in [6, 6.07) is 13.9. The number of hydrogen-bond acceptors (Lipinski definition) is 3. The van der Waals surface area contributed by atoms with Crippen LogP contribution in [0.4, 0.5) is 5.69 Å². The minimum atomic E-state index is 0.437. The summed E-state index contributed by atoms with van der Waals surface area (Å²) in [5.74, 6) is 1.08. The lowest BCUT2D eigenvalue weighted by Gasteiger charge is -2.08. The van der Waals surface area contributed by atoms with Crippen molar-refractivity contribution in [1.82, 2.24) is 0 Å². The van der Waals surface area contributed by atoms with Crippen LogP contribution in [-0.2, 0) is 0 Å². The first-order valence-corrected chi connectivity index (χ1v) is 5.30. The van der Waals surface area contributed by atoms with Gasteiger partial charge in [0, 0.05) is 5.69 Å². The van der Waals surface area contributed by atoms with Crippen LogP contribution in [-0.4, -0.2) is 0 Å². The first-order chi connectivity index (χ1) is 8.19. The van der Waals surface area contributed by atoms with Crippen LogP contribution in [0.15, 0.2) is 42.5 Å². The van der Waals surface area contributed by atoms with E-state index in [0.29, 0.717) is 27.8 Å². The molecular formula is C13H9ClN2O. The van der Waals surface area contributed by atoms with Crippen molar-refractivity contribution in [2.45, 2.75) is 0 Å². The number of rotatable bonds is 2. The summed E-state index contributed by atoms with van der Waals surface area (Å²) in [7, 11) is 0. The summed E-state index contributed by atoms with van der Waals surface area (Å²) in [5.41, 5.74) is 6.70. The lowest BCUT2D eigenvalue weighted by Crippen LogP contribution is -1.88. The number of nitrogens with zero attached hydrogens (tertiary/aromatic N) is 1. The molecule has 0 radical (unpaired) electrons. The smallest absolute Gasteiger partial charge is 0.146 e. The number of nitrogens with two attached hydrogens (primary N) is 1. The number of nitrogen functional groups attached to an aromatic ring is 1. The van der Waals surface area contributed by atoms with Crippen LogP contribution in [0, 0.1) is 11.3 Å². The van der Waals surface area contributed by atoms with E-state index in [4.69, 9.17) is 27.3 Å². The van der Waals surface area contributed by atoms with Gasteiger partial charge < -0.3 is 10.5 Å². The van der Waals surface area contributed by atoms with Gasteiger partial charge in [-0.3, -0.25) is 0 Å². The minimum Gasteiger partial charge on any atom is -0.456 e. The van der Waals surface area contributed by atoms with Gasteiger partial charge in [-0.2, -0.15) is 5.26 Å². The number of hydrogen-bond donors (Lipinski definition) is 1. The lowest BCUT2D eigenvalue weighted by atomic mass is 10.2. The van der Waals surface area contributed by atoms with Crippen LogP contribution in [0.5, 0.6) is 11.5 Å². The van der Waals surface area contributed by atoms with Crippen molar-refractivity contribution in [2.24, 2.45) is 0 Å². The fourth-order valence-corrected chi connectivity index (χ4v) is 1.58. The Kier molecular flexibility index (Phi) is 3.17. The van der Waals surface area contributed by atoms with Gasteiger partial charge in [-0.25, -0.2) is 0 Å². The molecule has 4 heteroatoms. The SMILES string of the molecule is N#Cc1cccc(Oc2ccc(N)cc2Cl)c1. The highest BCUT2D eigenvalue weighted by molar-refractivity contribution is 6.32. The van der Waals surface area contributed by atoms with Gasteiger partial charge in [0.25, 0.3) is 0 Å². The van der Waals surface area contributed by atoms with Gasteiger partial charge in [0.2, 0.25) is 0 Å². The summed E-state index contributed by atoms with van der Waals surface area (Å²) in [6.45, 7) is 0. The average molecular weight is 245 g/mol. The monoisotopic (exact) mass is 244 g/mol.